The summed E-state index contributed by atoms with van der Waals surface area (Å²) in [5, 5.41) is 3.29. The lowest BCUT2D eigenvalue weighted by atomic mass is 9.86. The molecule has 0 aliphatic heterocycles. The number of halogens is 2. The molecule has 1 unspecified atom stereocenters. The highest BCUT2D eigenvalue weighted by atomic mass is 19.1. The molecule has 0 heterocycles. The maximum Gasteiger partial charge on any atom is 0.133 e. The summed E-state index contributed by atoms with van der Waals surface area (Å²) in [7, 11) is 0. The van der Waals surface area contributed by atoms with Gasteiger partial charge >= 0.3 is 0 Å². The fraction of sp³-hybridized carbons (Fsp3) is 0.647. The van der Waals surface area contributed by atoms with Gasteiger partial charge in [-0.2, -0.15) is 0 Å². The average Bonchev–Trinajstić information content (AvgIpc) is 2.35. The van der Waals surface area contributed by atoms with Crippen molar-refractivity contribution in [3.8, 4) is 0 Å². The predicted molar refractivity (Wildman–Crippen MR) is 80.8 cm³/mol. The van der Waals surface area contributed by atoms with E-state index in [2.05, 4.69) is 33.0 Å². The first-order valence-electron chi connectivity index (χ1n) is 7.44. The molecule has 1 aromatic carbocycles. The predicted octanol–water partition coefficient (Wildman–Crippen LogP) is 5.14. The van der Waals surface area contributed by atoms with Gasteiger partial charge in [0.1, 0.15) is 11.6 Å². The zero-order valence-corrected chi connectivity index (χ0v) is 13.3. The molecule has 1 aromatic rings. The lowest BCUT2D eigenvalue weighted by Gasteiger charge is -2.25. The monoisotopic (exact) mass is 283 g/mol. The molecule has 0 saturated carbocycles. The summed E-state index contributed by atoms with van der Waals surface area (Å²) in [6.45, 7) is 10.9. The third kappa shape index (κ3) is 4.86. The first-order chi connectivity index (χ1) is 9.26. The molecule has 0 aliphatic carbocycles. The van der Waals surface area contributed by atoms with Crippen LogP contribution in [0.15, 0.2) is 12.1 Å². The Balaban J connectivity index is 3.01. The van der Waals surface area contributed by atoms with Gasteiger partial charge in [-0.05, 0) is 49.8 Å². The zero-order valence-electron chi connectivity index (χ0n) is 13.3. The topological polar surface area (TPSA) is 12.0 Å². The number of aryl methyl sites for hydroxylation is 1. The maximum atomic E-state index is 14.3. The van der Waals surface area contributed by atoms with Crippen molar-refractivity contribution in [2.45, 2.75) is 59.9 Å². The van der Waals surface area contributed by atoms with Gasteiger partial charge in [-0.15, -0.1) is 0 Å². The Hall–Kier alpha value is -0.960. The summed E-state index contributed by atoms with van der Waals surface area (Å²) in [4.78, 5) is 0. The highest BCUT2D eigenvalue weighted by Crippen LogP contribution is 2.31. The smallest absolute Gasteiger partial charge is 0.133 e. The van der Waals surface area contributed by atoms with E-state index >= 15 is 0 Å². The molecule has 0 aliphatic rings. The van der Waals surface area contributed by atoms with Gasteiger partial charge in [-0.1, -0.05) is 33.8 Å². The number of hydrogen-bond donors (Lipinski definition) is 1. The van der Waals surface area contributed by atoms with Gasteiger partial charge in [0.15, 0.2) is 0 Å². The third-order valence-corrected chi connectivity index (χ3v) is 3.49. The Kier molecular flexibility index (Phi) is 6.12. The second kappa shape index (κ2) is 7.16. The third-order valence-electron chi connectivity index (χ3n) is 3.49. The van der Waals surface area contributed by atoms with Crippen LogP contribution in [0.1, 0.15) is 64.1 Å². The van der Waals surface area contributed by atoms with E-state index in [9.17, 15) is 8.78 Å². The van der Waals surface area contributed by atoms with E-state index in [-0.39, 0.29) is 17.0 Å². The van der Waals surface area contributed by atoms with Gasteiger partial charge in [0.25, 0.3) is 0 Å². The Labute approximate surface area is 121 Å². The van der Waals surface area contributed by atoms with Crippen molar-refractivity contribution in [1.29, 1.82) is 0 Å². The first kappa shape index (κ1) is 17.1. The second-order valence-electron chi connectivity index (χ2n) is 6.70. The van der Waals surface area contributed by atoms with E-state index in [4.69, 9.17) is 0 Å². The van der Waals surface area contributed by atoms with Crippen molar-refractivity contribution < 1.29 is 8.78 Å². The van der Waals surface area contributed by atoms with Gasteiger partial charge in [0.05, 0.1) is 0 Å². The van der Waals surface area contributed by atoms with Crippen molar-refractivity contribution in [3.05, 3.63) is 34.9 Å². The van der Waals surface area contributed by atoms with Crippen LogP contribution in [0.3, 0.4) is 0 Å². The average molecular weight is 283 g/mol. The minimum atomic E-state index is -0.449. The van der Waals surface area contributed by atoms with Crippen LogP contribution in [0.4, 0.5) is 8.78 Å². The van der Waals surface area contributed by atoms with Crippen LogP contribution in [0.2, 0.25) is 0 Å². The molecule has 0 radical (unpaired) electrons. The molecule has 1 rings (SSSR count). The van der Waals surface area contributed by atoms with Crippen LogP contribution in [0.5, 0.6) is 0 Å². The van der Waals surface area contributed by atoms with Gasteiger partial charge in [-0.3, -0.25) is 0 Å². The van der Waals surface area contributed by atoms with Crippen molar-refractivity contribution in [1.82, 2.24) is 5.32 Å². The Bertz CT molecular complexity index is 435. The van der Waals surface area contributed by atoms with Crippen LogP contribution >= 0.6 is 0 Å². The summed E-state index contributed by atoms with van der Waals surface area (Å²) >= 11 is 0. The van der Waals surface area contributed by atoms with Crippen molar-refractivity contribution in [2.24, 2.45) is 5.41 Å². The number of benzene rings is 1. The normalized spacial score (nSPS) is 13.6. The van der Waals surface area contributed by atoms with E-state index < -0.39 is 11.6 Å². The summed E-state index contributed by atoms with van der Waals surface area (Å²) in [6, 6.07) is 2.61. The molecule has 1 atom stereocenters. The van der Waals surface area contributed by atoms with Gasteiger partial charge < -0.3 is 5.32 Å². The Morgan fingerprint density at radius 2 is 1.85 bits per heavy atom. The fourth-order valence-electron chi connectivity index (χ4n) is 2.24. The molecular formula is C17H27F2N. The SMILES string of the molecule is CCCNC(CCC(C)(C)C)c1c(F)ccc(C)c1F. The number of hydrogen-bond acceptors (Lipinski definition) is 1. The van der Waals surface area contributed by atoms with E-state index in [0.717, 1.165) is 25.8 Å². The molecule has 20 heavy (non-hydrogen) atoms. The van der Waals surface area contributed by atoms with Crippen molar-refractivity contribution >= 4 is 0 Å². The molecule has 0 fully saturated rings. The van der Waals surface area contributed by atoms with E-state index in [1.807, 2.05) is 0 Å². The van der Waals surface area contributed by atoms with Gasteiger partial charge in [0.2, 0.25) is 0 Å². The molecule has 114 valence electrons. The van der Waals surface area contributed by atoms with Gasteiger partial charge in [0, 0.05) is 11.6 Å². The fourth-order valence-corrected chi connectivity index (χ4v) is 2.24. The molecular weight excluding hydrogens is 256 g/mol. The van der Waals surface area contributed by atoms with Crippen molar-refractivity contribution in [2.75, 3.05) is 6.54 Å². The molecule has 1 nitrogen and oxygen atoms in total. The molecule has 0 saturated heterocycles. The molecule has 1 N–H and O–H groups in total. The van der Waals surface area contributed by atoms with Crippen LogP contribution in [-0.2, 0) is 0 Å². The maximum absolute atomic E-state index is 14.3. The second-order valence-corrected chi connectivity index (χ2v) is 6.70. The summed E-state index contributed by atoms with van der Waals surface area (Å²) < 4.78 is 28.3. The Morgan fingerprint density at radius 3 is 2.40 bits per heavy atom. The summed E-state index contributed by atoms with van der Waals surface area (Å²) in [5.41, 5.74) is 0.853. The van der Waals surface area contributed by atoms with Crippen LogP contribution < -0.4 is 5.32 Å². The minimum Gasteiger partial charge on any atom is -0.310 e. The standard InChI is InChI=1S/C17H27F2N/c1-6-11-20-14(9-10-17(3,4)5)15-13(18)8-7-12(2)16(15)19/h7-8,14,20H,6,9-11H2,1-5H3. The number of rotatable bonds is 6. The van der Waals surface area contributed by atoms with Crippen LogP contribution in [0, 0.1) is 24.0 Å². The summed E-state index contributed by atoms with van der Waals surface area (Å²) in [6.07, 6.45) is 2.60. The zero-order chi connectivity index (χ0) is 15.3. The quantitative estimate of drug-likeness (QED) is 0.762. The molecule has 0 aromatic heterocycles. The molecule has 3 heteroatoms. The first-order valence-corrected chi connectivity index (χ1v) is 7.44. The lowest BCUT2D eigenvalue weighted by molar-refractivity contribution is 0.324. The van der Waals surface area contributed by atoms with Crippen LogP contribution in [-0.4, -0.2) is 6.54 Å². The van der Waals surface area contributed by atoms with E-state index in [1.54, 1.807) is 6.92 Å². The minimum absolute atomic E-state index is 0.156. The van der Waals surface area contributed by atoms with E-state index in [0.29, 0.717) is 5.56 Å². The van der Waals surface area contributed by atoms with E-state index in [1.165, 1.54) is 12.1 Å². The molecule has 0 bridgehead atoms. The Morgan fingerprint density at radius 1 is 1.20 bits per heavy atom. The highest BCUT2D eigenvalue weighted by Gasteiger charge is 2.23. The highest BCUT2D eigenvalue weighted by molar-refractivity contribution is 5.29. The van der Waals surface area contributed by atoms with Gasteiger partial charge in [-0.25, -0.2) is 8.78 Å². The lowest BCUT2D eigenvalue weighted by Crippen LogP contribution is -2.26. The number of nitrogens with one attached hydrogen (secondary N) is 1. The largest absolute Gasteiger partial charge is 0.310 e. The molecule has 0 spiro atoms. The molecule has 0 amide bonds. The van der Waals surface area contributed by atoms with Crippen LogP contribution in [0.25, 0.3) is 0 Å². The summed E-state index contributed by atoms with van der Waals surface area (Å²) in [5.74, 6) is -0.858. The van der Waals surface area contributed by atoms with Crippen molar-refractivity contribution in [3.63, 3.8) is 0 Å².